The molecule has 1 fully saturated rings. The third-order valence-corrected chi connectivity index (χ3v) is 6.37. The van der Waals surface area contributed by atoms with E-state index in [1.54, 1.807) is 11.3 Å². The van der Waals surface area contributed by atoms with E-state index in [9.17, 15) is 0 Å². The minimum atomic E-state index is 0. The lowest BCUT2D eigenvalue weighted by molar-refractivity contribution is 0.126. The predicted octanol–water partition coefficient (Wildman–Crippen LogP) is 3.25. The molecule has 0 aliphatic carbocycles. The number of aryl methyl sites for hydroxylation is 2. The van der Waals surface area contributed by atoms with E-state index >= 15 is 0 Å². The van der Waals surface area contributed by atoms with Crippen molar-refractivity contribution in [2.45, 2.75) is 33.4 Å². The van der Waals surface area contributed by atoms with Gasteiger partial charge in [0, 0.05) is 51.2 Å². The third-order valence-electron chi connectivity index (χ3n) is 5.30. The molecule has 3 rings (SSSR count). The lowest BCUT2D eigenvalue weighted by Crippen LogP contribution is -2.46. The van der Waals surface area contributed by atoms with Crippen molar-refractivity contribution >= 4 is 41.3 Å². The minimum Gasteiger partial charge on any atom is -0.356 e. The van der Waals surface area contributed by atoms with Gasteiger partial charge >= 0.3 is 0 Å². The highest BCUT2D eigenvalue weighted by Crippen LogP contribution is 2.16. The van der Waals surface area contributed by atoms with Crippen LogP contribution in [-0.2, 0) is 13.1 Å². The normalized spacial score (nSPS) is 15.6. The fourth-order valence-corrected chi connectivity index (χ4v) is 4.52. The van der Waals surface area contributed by atoms with Gasteiger partial charge in [-0.25, -0.2) is 4.98 Å². The summed E-state index contributed by atoms with van der Waals surface area (Å²) in [6.45, 7) is 12.6. The number of piperazine rings is 1. The van der Waals surface area contributed by atoms with Crippen LogP contribution >= 0.6 is 35.3 Å². The molecule has 1 aromatic heterocycles. The molecule has 0 saturated carbocycles. The van der Waals surface area contributed by atoms with Crippen LogP contribution in [-0.4, -0.2) is 67.1 Å². The smallest absolute Gasteiger partial charge is 0.191 e. The summed E-state index contributed by atoms with van der Waals surface area (Å²) in [6, 6.07) is 10.8. The maximum atomic E-state index is 4.48. The van der Waals surface area contributed by atoms with Crippen molar-refractivity contribution in [3.63, 3.8) is 0 Å². The summed E-state index contributed by atoms with van der Waals surface area (Å²) in [5.41, 5.74) is 2.52. The van der Waals surface area contributed by atoms with E-state index in [1.807, 2.05) is 7.05 Å². The van der Waals surface area contributed by atoms with Gasteiger partial charge in [-0.3, -0.25) is 9.89 Å². The average molecular weight is 543 g/mol. The molecule has 0 spiro atoms. The van der Waals surface area contributed by atoms with Gasteiger partial charge in [-0.05, 0) is 32.4 Å². The molecule has 1 aliphatic heterocycles. The van der Waals surface area contributed by atoms with Crippen molar-refractivity contribution in [3.05, 3.63) is 51.5 Å². The van der Waals surface area contributed by atoms with Crippen LogP contribution in [0.5, 0.6) is 0 Å². The van der Waals surface area contributed by atoms with Gasteiger partial charge in [0.15, 0.2) is 5.96 Å². The zero-order chi connectivity index (χ0) is 20.5. The molecule has 8 heteroatoms. The summed E-state index contributed by atoms with van der Waals surface area (Å²) in [4.78, 5) is 15.2. The number of hydrogen-bond acceptors (Lipinski definition) is 5. The summed E-state index contributed by atoms with van der Waals surface area (Å²) < 4.78 is 0. The fourth-order valence-electron chi connectivity index (χ4n) is 3.64. The van der Waals surface area contributed by atoms with Crippen molar-refractivity contribution < 1.29 is 0 Å². The predicted molar refractivity (Wildman–Crippen MR) is 138 cm³/mol. The minimum absolute atomic E-state index is 0. The molecule has 2 aromatic rings. The highest BCUT2D eigenvalue weighted by Gasteiger charge is 2.16. The van der Waals surface area contributed by atoms with Gasteiger partial charge in [0.2, 0.25) is 0 Å². The second kappa shape index (κ2) is 13.2. The van der Waals surface area contributed by atoms with Crippen molar-refractivity contribution in [2.24, 2.45) is 4.99 Å². The molecule has 1 saturated heterocycles. The largest absolute Gasteiger partial charge is 0.356 e. The Bertz CT molecular complexity index is 771. The Labute approximate surface area is 202 Å². The maximum absolute atomic E-state index is 4.48. The van der Waals surface area contributed by atoms with Crippen LogP contribution in [0.3, 0.4) is 0 Å². The van der Waals surface area contributed by atoms with E-state index in [-0.39, 0.29) is 24.0 Å². The summed E-state index contributed by atoms with van der Waals surface area (Å²) in [5.74, 6) is 0.864. The maximum Gasteiger partial charge on any atom is 0.191 e. The van der Waals surface area contributed by atoms with E-state index < -0.39 is 0 Å². The molecular weight excluding hydrogens is 507 g/mol. The Balaban J connectivity index is 0.00000320. The summed E-state index contributed by atoms with van der Waals surface area (Å²) in [5, 5.41) is 7.95. The lowest BCUT2D eigenvalue weighted by Gasteiger charge is -2.34. The molecule has 2 N–H and O–H groups in total. The van der Waals surface area contributed by atoms with Crippen LogP contribution in [0.4, 0.5) is 0 Å². The Morgan fingerprint density at radius 2 is 1.77 bits per heavy atom. The molecule has 0 atom stereocenters. The molecular formula is C22H35IN6S. The van der Waals surface area contributed by atoms with Crippen LogP contribution in [0.2, 0.25) is 0 Å². The van der Waals surface area contributed by atoms with Gasteiger partial charge in [0.25, 0.3) is 0 Å². The van der Waals surface area contributed by atoms with Crippen LogP contribution in [0.15, 0.2) is 35.3 Å². The molecule has 0 bridgehead atoms. The molecule has 1 aliphatic rings. The number of thiazole rings is 1. The number of guanidine groups is 1. The van der Waals surface area contributed by atoms with Gasteiger partial charge < -0.3 is 15.5 Å². The number of rotatable bonds is 8. The molecule has 166 valence electrons. The van der Waals surface area contributed by atoms with Crippen molar-refractivity contribution in [2.75, 3.05) is 46.3 Å². The van der Waals surface area contributed by atoms with E-state index in [0.717, 1.165) is 75.4 Å². The van der Waals surface area contributed by atoms with Crippen LogP contribution in [0, 0.1) is 13.8 Å². The molecule has 0 unspecified atom stereocenters. The Morgan fingerprint density at radius 1 is 1.07 bits per heavy atom. The topological polar surface area (TPSA) is 55.8 Å². The van der Waals surface area contributed by atoms with Gasteiger partial charge in [-0.2, -0.15) is 0 Å². The number of nitrogens with zero attached hydrogens (tertiary/aromatic N) is 4. The number of nitrogens with one attached hydrogen (secondary N) is 2. The van der Waals surface area contributed by atoms with Gasteiger partial charge in [0.05, 0.1) is 17.2 Å². The number of hydrogen-bond donors (Lipinski definition) is 2. The second-order valence-corrected chi connectivity index (χ2v) is 8.84. The molecule has 0 amide bonds. The quantitative estimate of drug-likeness (QED) is 0.232. The fraction of sp³-hybridized carbons (Fsp3) is 0.545. The van der Waals surface area contributed by atoms with E-state index in [2.05, 4.69) is 74.6 Å². The standard InChI is InChI=1S/C22H34N6S.HI/c1-18-21(29-19(2)26-18)16-25-22(23-3)24-10-7-11-27-12-14-28(15-13-27)17-20-8-5-4-6-9-20;/h4-6,8-9H,7,10-17H2,1-3H3,(H2,23,24,25);1H. The number of aliphatic imine (C=N–C) groups is 1. The molecule has 2 heterocycles. The molecule has 1 aromatic carbocycles. The van der Waals surface area contributed by atoms with Crippen LogP contribution in [0.1, 0.15) is 27.6 Å². The summed E-state index contributed by atoms with van der Waals surface area (Å²) in [7, 11) is 1.83. The third kappa shape index (κ3) is 8.13. The zero-order valence-corrected chi connectivity index (χ0v) is 21.5. The molecule has 0 radical (unpaired) electrons. The van der Waals surface area contributed by atoms with Crippen LogP contribution < -0.4 is 10.6 Å². The molecule has 30 heavy (non-hydrogen) atoms. The van der Waals surface area contributed by atoms with Gasteiger partial charge in [-0.15, -0.1) is 35.3 Å². The summed E-state index contributed by atoms with van der Waals surface area (Å²) in [6.07, 6.45) is 1.12. The highest BCUT2D eigenvalue weighted by atomic mass is 127. The van der Waals surface area contributed by atoms with Crippen molar-refractivity contribution in [1.29, 1.82) is 0 Å². The van der Waals surface area contributed by atoms with E-state index in [1.165, 1.54) is 10.4 Å². The lowest BCUT2D eigenvalue weighted by atomic mass is 10.2. The SMILES string of the molecule is CN=C(NCCCN1CCN(Cc2ccccc2)CC1)NCc1sc(C)nc1C.I. The number of benzene rings is 1. The summed E-state index contributed by atoms with van der Waals surface area (Å²) >= 11 is 1.75. The monoisotopic (exact) mass is 542 g/mol. The Kier molecular flexibility index (Phi) is 11.0. The first-order valence-electron chi connectivity index (χ1n) is 10.5. The van der Waals surface area contributed by atoms with Gasteiger partial charge in [-0.1, -0.05) is 30.3 Å². The number of aromatic nitrogens is 1. The van der Waals surface area contributed by atoms with E-state index in [4.69, 9.17) is 0 Å². The highest BCUT2D eigenvalue weighted by molar-refractivity contribution is 14.0. The van der Waals surface area contributed by atoms with Crippen LogP contribution in [0.25, 0.3) is 0 Å². The first-order valence-corrected chi connectivity index (χ1v) is 11.3. The number of halogens is 1. The second-order valence-electron chi connectivity index (χ2n) is 7.55. The Morgan fingerprint density at radius 3 is 2.40 bits per heavy atom. The van der Waals surface area contributed by atoms with E-state index in [0.29, 0.717) is 0 Å². The van der Waals surface area contributed by atoms with Crippen molar-refractivity contribution in [3.8, 4) is 0 Å². The van der Waals surface area contributed by atoms with Gasteiger partial charge in [0.1, 0.15) is 0 Å². The van der Waals surface area contributed by atoms with Crippen molar-refractivity contribution in [1.82, 2.24) is 25.4 Å². The Hall–Kier alpha value is -1.23. The average Bonchev–Trinajstić information content (AvgIpc) is 3.06. The zero-order valence-electron chi connectivity index (χ0n) is 18.4. The first kappa shape index (κ1) is 25.0. The molecule has 6 nitrogen and oxygen atoms in total. The first-order chi connectivity index (χ1) is 14.1.